The predicted molar refractivity (Wildman–Crippen MR) is 125 cm³/mol. The van der Waals surface area contributed by atoms with Gasteiger partial charge in [-0.1, -0.05) is 26.0 Å². The van der Waals surface area contributed by atoms with E-state index in [1.54, 1.807) is 26.0 Å². The zero-order valence-electron chi connectivity index (χ0n) is 19.5. The zero-order valence-corrected chi connectivity index (χ0v) is 20.3. The fraction of sp³-hybridized carbons (Fsp3) is 0.360. The van der Waals surface area contributed by atoms with Crippen molar-refractivity contribution >= 4 is 33.6 Å². The molecule has 0 bridgehead atoms. The maximum atomic E-state index is 12.9. The molecule has 2 aromatic rings. The number of ether oxygens (including phenoxy) is 1. The van der Waals surface area contributed by atoms with E-state index < -0.39 is 52.2 Å². The summed E-state index contributed by atoms with van der Waals surface area (Å²) in [6.07, 6.45) is 1.64. The SMILES string of the molecule is CC(C)C(C(=O)OCC(=O)c1ccc(S(=O)(=O)N2CCCC2)cc1)N1C(=O)c2ccccc2C1=O. The summed E-state index contributed by atoms with van der Waals surface area (Å²) >= 11 is 0. The number of hydrogen-bond donors (Lipinski definition) is 0. The Morgan fingerprint density at radius 2 is 1.46 bits per heavy atom. The minimum absolute atomic E-state index is 0.0958. The summed E-state index contributed by atoms with van der Waals surface area (Å²) in [5.74, 6) is -3.01. The van der Waals surface area contributed by atoms with Crippen LogP contribution in [0.25, 0.3) is 0 Å². The molecule has 2 aliphatic rings. The molecule has 0 N–H and O–H groups in total. The number of ketones is 1. The fourth-order valence-electron chi connectivity index (χ4n) is 4.33. The molecule has 2 amide bonds. The molecule has 10 heteroatoms. The molecule has 2 heterocycles. The third-order valence-corrected chi connectivity index (χ3v) is 8.11. The van der Waals surface area contributed by atoms with Crippen molar-refractivity contribution in [3.63, 3.8) is 0 Å². The summed E-state index contributed by atoms with van der Waals surface area (Å²) in [7, 11) is -3.60. The van der Waals surface area contributed by atoms with Gasteiger partial charge in [0.1, 0.15) is 6.04 Å². The highest BCUT2D eigenvalue weighted by Gasteiger charge is 2.44. The Morgan fingerprint density at radius 3 is 1.97 bits per heavy atom. The van der Waals surface area contributed by atoms with Crippen molar-refractivity contribution in [2.24, 2.45) is 5.92 Å². The van der Waals surface area contributed by atoms with Crippen molar-refractivity contribution in [3.05, 3.63) is 65.2 Å². The quantitative estimate of drug-likeness (QED) is 0.312. The molecule has 4 rings (SSSR count). The Labute approximate surface area is 203 Å². The van der Waals surface area contributed by atoms with Crippen molar-refractivity contribution < 1.29 is 32.3 Å². The summed E-state index contributed by atoms with van der Waals surface area (Å²) in [6, 6.07) is 10.6. The number of fused-ring (bicyclic) bond motifs is 1. The minimum atomic E-state index is -3.60. The van der Waals surface area contributed by atoms with E-state index in [2.05, 4.69) is 0 Å². The van der Waals surface area contributed by atoms with E-state index in [4.69, 9.17) is 4.74 Å². The third kappa shape index (κ3) is 4.63. The largest absolute Gasteiger partial charge is 0.456 e. The number of Topliss-reactive ketones (excluding diaryl/α,β-unsaturated/α-hetero) is 1. The topological polar surface area (TPSA) is 118 Å². The third-order valence-electron chi connectivity index (χ3n) is 6.20. The molecule has 0 aliphatic carbocycles. The number of benzene rings is 2. The van der Waals surface area contributed by atoms with E-state index in [0.717, 1.165) is 17.7 Å². The molecule has 0 spiro atoms. The van der Waals surface area contributed by atoms with Crippen LogP contribution in [0, 0.1) is 5.92 Å². The van der Waals surface area contributed by atoms with E-state index in [1.165, 1.54) is 40.7 Å². The number of carbonyl (C=O) groups excluding carboxylic acids is 4. The first-order chi connectivity index (χ1) is 16.6. The standard InChI is InChI=1S/C25H26N2O7S/c1-16(2)22(27-23(29)19-7-3-4-8-20(19)24(27)30)25(31)34-15-21(28)17-9-11-18(12-10-17)35(32,33)26-13-5-6-14-26/h3-4,7-12,16,22H,5-6,13-15H2,1-2H3. The van der Waals surface area contributed by atoms with Crippen LogP contribution in [-0.2, 0) is 19.6 Å². The van der Waals surface area contributed by atoms with Gasteiger partial charge in [-0.3, -0.25) is 19.3 Å². The summed E-state index contributed by atoms with van der Waals surface area (Å²) in [5.41, 5.74) is 0.618. The second kappa shape index (κ2) is 9.71. The number of sulfonamides is 1. The van der Waals surface area contributed by atoms with Gasteiger partial charge in [-0.15, -0.1) is 0 Å². The number of hydrogen-bond acceptors (Lipinski definition) is 7. The number of nitrogens with zero attached hydrogens (tertiary/aromatic N) is 2. The van der Waals surface area contributed by atoms with Crippen molar-refractivity contribution in [2.45, 2.75) is 37.6 Å². The number of esters is 1. The molecule has 1 atom stereocenters. The Kier molecular flexibility index (Phi) is 6.86. The summed E-state index contributed by atoms with van der Waals surface area (Å²) in [4.78, 5) is 52.1. The van der Waals surface area contributed by atoms with Gasteiger partial charge in [-0.2, -0.15) is 4.31 Å². The van der Waals surface area contributed by atoms with E-state index in [-0.39, 0.29) is 21.6 Å². The summed E-state index contributed by atoms with van der Waals surface area (Å²) in [6.45, 7) is 3.70. The van der Waals surface area contributed by atoms with Gasteiger partial charge in [0.2, 0.25) is 10.0 Å². The van der Waals surface area contributed by atoms with Crippen LogP contribution in [0.3, 0.4) is 0 Å². The molecular weight excluding hydrogens is 472 g/mol. The first-order valence-electron chi connectivity index (χ1n) is 11.4. The average Bonchev–Trinajstić information content (AvgIpc) is 3.47. The van der Waals surface area contributed by atoms with Crippen molar-refractivity contribution in [2.75, 3.05) is 19.7 Å². The molecule has 1 saturated heterocycles. The number of imide groups is 1. The van der Waals surface area contributed by atoms with Gasteiger partial charge < -0.3 is 4.74 Å². The number of carbonyl (C=O) groups is 4. The van der Waals surface area contributed by atoms with Crippen LogP contribution in [0.15, 0.2) is 53.4 Å². The Morgan fingerprint density at radius 1 is 0.914 bits per heavy atom. The van der Waals surface area contributed by atoms with Crippen molar-refractivity contribution in [1.82, 2.24) is 9.21 Å². The van der Waals surface area contributed by atoms with E-state index >= 15 is 0 Å². The van der Waals surface area contributed by atoms with E-state index in [0.29, 0.717) is 13.1 Å². The van der Waals surface area contributed by atoms with Crippen LogP contribution < -0.4 is 0 Å². The molecule has 0 saturated carbocycles. The highest BCUT2D eigenvalue weighted by atomic mass is 32.2. The van der Waals surface area contributed by atoms with E-state index in [9.17, 15) is 27.6 Å². The van der Waals surface area contributed by atoms with Crippen LogP contribution in [0.2, 0.25) is 0 Å². The summed E-state index contributed by atoms with van der Waals surface area (Å²) < 4.78 is 31.9. The van der Waals surface area contributed by atoms with Crippen LogP contribution in [0.5, 0.6) is 0 Å². The maximum Gasteiger partial charge on any atom is 0.330 e. The van der Waals surface area contributed by atoms with E-state index in [1.807, 2.05) is 0 Å². The van der Waals surface area contributed by atoms with Gasteiger partial charge in [-0.25, -0.2) is 13.2 Å². The first kappa shape index (κ1) is 24.7. The molecule has 1 unspecified atom stereocenters. The molecule has 9 nitrogen and oxygen atoms in total. The van der Waals surface area contributed by atoms with Crippen LogP contribution in [0.1, 0.15) is 57.8 Å². The number of amides is 2. The fourth-order valence-corrected chi connectivity index (χ4v) is 5.85. The number of rotatable bonds is 8. The van der Waals surface area contributed by atoms with Gasteiger partial charge in [0, 0.05) is 18.7 Å². The van der Waals surface area contributed by atoms with Crippen molar-refractivity contribution in [1.29, 1.82) is 0 Å². The van der Waals surface area contributed by atoms with Gasteiger partial charge >= 0.3 is 5.97 Å². The van der Waals surface area contributed by atoms with Gasteiger partial charge in [-0.05, 0) is 55.2 Å². The highest BCUT2D eigenvalue weighted by molar-refractivity contribution is 7.89. The Balaban J connectivity index is 1.43. The lowest BCUT2D eigenvalue weighted by atomic mass is 10.0. The van der Waals surface area contributed by atoms with Crippen LogP contribution in [0.4, 0.5) is 0 Å². The lowest BCUT2D eigenvalue weighted by Crippen LogP contribution is -2.49. The smallest absolute Gasteiger partial charge is 0.330 e. The predicted octanol–water partition coefficient (Wildman–Crippen LogP) is 2.52. The summed E-state index contributed by atoms with van der Waals surface area (Å²) in [5, 5.41) is 0. The van der Waals surface area contributed by atoms with Gasteiger partial charge in [0.25, 0.3) is 11.8 Å². The lowest BCUT2D eigenvalue weighted by molar-refractivity contribution is -0.148. The zero-order chi connectivity index (χ0) is 25.3. The molecule has 1 fully saturated rings. The Hall–Kier alpha value is -3.37. The molecule has 0 aromatic heterocycles. The molecule has 184 valence electrons. The monoisotopic (exact) mass is 498 g/mol. The molecular formula is C25H26N2O7S. The second-order valence-electron chi connectivity index (χ2n) is 8.88. The lowest BCUT2D eigenvalue weighted by Gasteiger charge is -2.27. The first-order valence-corrected chi connectivity index (χ1v) is 12.8. The highest BCUT2D eigenvalue weighted by Crippen LogP contribution is 2.28. The molecule has 2 aliphatic heterocycles. The minimum Gasteiger partial charge on any atom is -0.456 e. The normalized spacial score (nSPS) is 17.1. The van der Waals surface area contributed by atoms with Crippen LogP contribution >= 0.6 is 0 Å². The molecule has 35 heavy (non-hydrogen) atoms. The van der Waals surface area contributed by atoms with Crippen molar-refractivity contribution in [3.8, 4) is 0 Å². The van der Waals surface area contributed by atoms with Gasteiger partial charge in [0.05, 0.1) is 16.0 Å². The average molecular weight is 499 g/mol. The van der Waals surface area contributed by atoms with Gasteiger partial charge in [0.15, 0.2) is 12.4 Å². The van der Waals surface area contributed by atoms with Crippen LogP contribution in [-0.4, -0.2) is 66.9 Å². The molecule has 2 aromatic carbocycles. The maximum absolute atomic E-state index is 12.9. The Bertz CT molecular complexity index is 1240. The molecule has 0 radical (unpaired) electrons. The second-order valence-corrected chi connectivity index (χ2v) is 10.8.